The minimum absolute atomic E-state index is 0.217. The summed E-state index contributed by atoms with van der Waals surface area (Å²) >= 11 is 1.78. The number of nitrogens with zero attached hydrogens (tertiary/aromatic N) is 1. The number of unbranched alkanes of at least 4 members (excludes halogenated alkanes) is 1. The van der Waals surface area contributed by atoms with Gasteiger partial charge in [-0.2, -0.15) is 0 Å². The third kappa shape index (κ3) is 8.40. The largest absolute Gasteiger partial charge is 0.354 e. The predicted octanol–water partition coefficient (Wildman–Crippen LogP) is 1.71. The highest BCUT2D eigenvalue weighted by Crippen LogP contribution is 2.19. The zero-order valence-electron chi connectivity index (χ0n) is 19.3. The summed E-state index contributed by atoms with van der Waals surface area (Å²) in [5.41, 5.74) is 13.4. The second-order valence-electron chi connectivity index (χ2n) is 8.29. The number of carbonyl (C=O) groups excluding carboxylic acids is 2. The lowest BCUT2D eigenvalue weighted by molar-refractivity contribution is -0.129. The minimum atomic E-state index is -0.782. The summed E-state index contributed by atoms with van der Waals surface area (Å²) in [5.74, 6) is -0.586. The molecule has 0 spiro atoms. The Kier molecular flexibility index (Phi) is 10.3. The number of H-pyrrole nitrogens is 1. The molecule has 0 aliphatic carbocycles. The highest BCUT2D eigenvalue weighted by atomic mass is 32.1. The standard InChI is InChI=1S/C25H34N6O2S/c26-12-5-4-8-20-9-10-21(34-20)11-13-29-25(33)23(14-18-6-2-1-3-7-18)31-24(32)22(27)15-19-16-28-17-30-19/h1-3,6-7,9-10,16-17,22-23H,4-5,8,11-15,26-27H2,(H,28,30)(H,29,33)(H,31,32)/t22-,23-/m0/s1. The van der Waals surface area contributed by atoms with Crippen LogP contribution in [-0.4, -0.2) is 47.0 Å². The number of hydrogen-bond donors (Lipinski definition) is 5. The zero-order chi connectivity index (χ0) is 24.2. The molecule has 2 aromatic heterocycles. The fraction of sp³-hybridized carbons (Fsp3) is 0.400. The lowest BCUT2D eigenvalue weighted by atomic mass is 10.0. The maximum absolute atomic E-state index is 13.0. The number of nitrogens with two attached hydrogens (primary N) is 2. The van der Waals surface area contributed by atoms with Gasteiger partial charge in [0.05, 0.1) is 12.4 Å². The topological polar surface area (TPSA) is 139 Å². The van der Waals surface area contributed by atoms with Gasteiger partial charge in [-0.25, -0.2) is 4.98 Å². The summed E-state index contributed by atoms with van der Waals surface area (Å²) in [6.45, 7) is 1.22. The molecule has 0 radical (unpaired) electrons. The van der Waals surface area contributed by atoms with E-state index < -0.39 is 12.1 Å². The normalized spacial score (nSPS) is 12.8. The quantitative estimate of drug-likeness (QED) is 0.223. The number of thiophene rings is 1. The Bertz CT molecular complexity index is 1010. The lowest BCUT2D eigenvalue weighted by Crippen LogP contribution is -2.53. The van der Waals surface area contributed by atoms with E-state index in [-0.39, 0.29) is 11.8 Å². The molecular weight excluding hydrogens is 448 g/mol. The van der Waals surface area contributed by atoms with Gasteiger partial charge in [-0.3, -0.25) is 9.59 Å². The summed E-state index contributed by atoms with van der Waals surface area (Å²) in [6, 6.07) is 12.4. The van der Waals surface area contributed by atoms with Crippen molar-refractivity contribution in [3.05, 3.63) is 76.0 Å². The van der Waals surface area contributed by atoms with E-state index in [2.05, 4.69) is 32.7 Å². The molecule has 9 heteroatoms. The van der Waals surface area contributed by atoms with Crippen LogP contribution in [0, 0.1) is 0 Å². The molecule has 7 N–H and O–H groups in total. The molecule has 34 heavy (non-hydrogen) atoms. The molecule has 0 fully saturated rings. The Morgan fingerprint density at radius 1 is 1.00 bits per heavy atom. The van der Waals surface area contributed by atoms with Crippen molar-refractivity contribution >= 4 is 23.2 Å². The molecule has 3 rings (SSSR count). The fourth-order valence-corrected chi connectivity index (χ4v) is 4.69. The first-order chi connectivity index (χ1) is 16.5. The summed E-state index contributed by atoms with van der Waals surface area (Å²) in [5, 5.41) is 5.82. The van der Waals surface area contributed by atoms with Crippen LogP contribution in [0.15, 0.2) is 55.0 Å². The molecule has 2 amide bonds. The molecule has 0 aliphatic heterocycles. The Hall–Kier alpha value is -3.01. The molecule has 0 saturated heterocycles. The van der Waals surface area contributed by atoms with E-state index >= 15 is 0 Å². The fourth-order valence-electron chi connectivity index (χ4n) is 3.63. The van der Waals surface area contributed by atoms with Gasteiger partial charge in [0.25, 0.3) is 0 Å². The third-order valence-electron chi connectivity index (χ3n) is 5.51. The zero-order valence-corrected chi connectivity index (χ0v) is 20.2. The Balaban J connectivity index is 1.54. The van der Waals surface area contributed by atoms with Crippen molar-refractivity contribution in [2.45, 2.75) is 50.6 Å². The van der Waals surface area contributed by atoms with Crippen molar-refractivity contribution in [2.24, 2.45) is 11.5 Å². The minimum Gasteiger partial charge on any atom is -0.354 e. The molecule has 182 valence electrons. The van der Waals surface area contributed by atoms with Crippen molar-refractivity contribution < 1.29 is 9.59 Å². The molecule has 0 bridgehead atoms. The lowest BCUT2D eigenvalue weighted by Gasteiger charge is -2.21. The summed E-state index contributed by atoms with van der Waals surface area (Å²) in [4.78, 5) is 35.2. The molecule has 1 aromatic carbocycles. The van der Waals surface area contributed by atoms with Gasteiger partial charge in [0, 0.05) is 41.0 Å². The number of hydrogen-bond acceptors (Lipinski definition) is 6. The number of aromatic amines is 1. The van der Waals surface area contributed by atoms with Crippen LogP contribution in [0.25, 0.3) is 0 Å². The van der Waals surface area contributed by atoms with E-state index in [4.69, 9.17) is 11.5 Å². The van der Waals surface area contributed by atoms with E-state index in [1.807, 2.05) is 30.3 Å². The first kappa shape index (κ1) is 25.6. The number of aryl methyl sites for hydroxylation is 1. The van der Waals surface area contributed by atoms with Crippen LogP contribution in [0.3, 0.4) is 0 Å². The van der Waals surface area contributed by atoms with Gasteiger partial charge >= 0.3 is 0 Å². The number of aromatic nitrogens is 2. The van der Waals surface area contributed by atoms with Crippen molar-refractivity contribution in [2.75, 3.05) is 13.1 Å². The van der Waals surface area contributed by atoms with Crippen LogP contribution in [-0.2, 0) is 35.3 Å². The van der Waals surface area contributed by atoms with Gasteiger partial charge in [-0.05, 0) is 49.9 Å². The summed E-state index contributed by atoms with van der Waals surface area (Å²) in [7, 11) is 0. The summed E-state index contributed by atoms with van der Waals surface area (Å²) < 4.78 is 0. The van der Waals surface area contributed by atoms with Gasteiger partial charge in [0.2, 0.25) is 11.8 Å². The Morgan fingerprint density at radius 2 is 1.76 bits per heavy atom. The van der Waals surface area contributed by atoms with E-state index in [9.17, 15) is 9.59 Å². The van der Waals surface area contributed by atoms with Gasteiger partial charge in [-0.1, -0.05) is 30.3 Å². The van der Waals surface area contributed by atoms with Crippen LogP contribution in [0.1, 0.15) is 33.9 Å². The number of amides is 2. The second-order valence-corrected chi connectivity index (χ2v) is 9.55. The molecule has 0 unspecified atom stereocenters. The monoisotopic (exact) mass is 482 g/mol. The smallest absolute Gasteiger partial charge is 0.242 e. The second kappa shape index (κ2) is 13.6. The first-order valence-electron chi connectivity index (χ1n) is 11.7. The predicted molar refractivity (Wildman–Crippen MR) is 135 cm³/mol. The van der Waals surface area contributed by atoms with Crippen LogP contribution in [0.5, 0.6) is 0 Å². The molecule has 2 atom stereocenters. The van der Waals surface area contributed by atoms with Crippen molar-refractivity contribution in [1.29, 1.82) is 0 Å². The molecule has 3 aromatic rings. The number of carbonyl (C=O) groups is 2. The molecule has 2 heterocycles. The molecule has 0 aliphatic rings. The number of imidazole rings is 1. The van der Waals surface area contributed by atoms with Gasteiger partial charge in [-0.15, -0.1) is 11.3 Å². The molecular formula is C25H34N6O2S. The Morgan fingerprint density at radius 3 is 2.47 bits per heavy atom. The van der Waals surface area contributed by atoms with E-state index in [0.717, 1.165) is 43.5 Å². The van der Waals surface area contributed by atoms with Gasteiger partial charge < -0.3 is 27.1 Å². The number of benzene rings is 1. The van der Waals surface area contributed by atoms with Gasteiger partial charge in [0.1, 0.15) is 6.04 Å². The number of rotatable bonds is 14. The highest BCUT2D eigenvalue weighted by Gasteiger charge is 2.24. The van der Waals surface area contributed by atoms with Crippen molar-refractivity contribution in [3.8, 4) is 0 Å². The Labute approximate surface area is 204 Å². The van der Waals surface area contributed by atoms with E-state index in [1.165, 1.54) is 9.75 Å². The van der Waals surface area contributed by atoms with Crippen LogP contribution >= 0.6 is 11.3 Å². The number of nitrogens with one attached hydrogen (secondary N) is 3. The average Bonchev–Trinajstić information content (AvgIpc) is 3.51. The maximum atomic E-state index is 13.0. The van der Waals surface area contributed by atoms with Crippen molar-refractivity contribution in [1.82, 2.24) is 20.6 Å². The van der Waals surface area contributed by atoms with Crippen molar-refractivity contribution in [3.63, 3.8) is 0 Å². The van der Waals surface area contributed by atoms with E-state index in [0.29, 0.717) is 19.4 Å². The van der Waals surface area contributed by atoms with Crippen LogP contribution in [0.2, 0.25) is 0 Å². The van der Waals surface area contributed by atoms with Crippen LogP contribution in [0.4, 0.5) is 0 Å². The third-order valence-corrected chi connectivity index (χ3v) is 6.72. The molecule has 0 saturated carbocycles. The average molecular weight is 483 g/mol. The summed E-state index contributed by atoms with van der Waals surface area (Å²) in [6.07, 6.45) is 7.80. The highest BCUT2D eigenvalue weighted by molar-refractivity contribution is 7.11. The van der Waals surface area contributed by atoms with Crippen LogP contribution < -0.4 is 22.1 Å². The SMILES string of the molecule is NCCCCc1ccc(CCNC(=O)[C@H](Cc2ccccc2)NC(=O)[C@@H](N)Cc2cnc[nH]2)s1. The first-order valence-corrected chi connectivity index (χ1v) is 12.5. The maximum Gasteiger partial charge on any atom is 0.242 e. The van der Waals surface area contributed by atoms with Gasteiger partial charge in [0.15, 0.2) is 0 Å². The molecule has 8 nitrogen and oxygen atoms in total. The van der Waals surface area contributed by atoms with E-state index in [1.54, 1.807) is 23.9 Å².